The summed E-state index contributed by atoms with van der Waals surface area (Å²) in [6.45, 7) is 0.743. The van der Waals surface area contributed by atoms with Crippen LogP contribution in [0.3, 0.4) is 0 Å². The number of carbonyl (C=O) groups is 2. The Morgan fingerprint density at radius 2 is 1.58 bits per heavy atom. The van der Waals surface area contributed by atoms with Crippen LogP contribution in [0.4, 0.5) is 0 Å². The maximum Gasteiger partial charge on any atom is 0.243 e. The van der Waals surface area contributed by atoms with Crippen LogP contribution in [0, 0.1) is 0 Å². The van der Waals surface area contributed by atoms with Crippen LogP contribution in [0.5, 0.6) is 5.75 Å². The first kappa shape index (κ1) is 27.7. The number of nitrogens with zero attached hydrogens (tertiary/aromatic N) is 1. The van der Waals surface area contributed by atoms with Gasteiger partial charge in [0.2, 0.25) is 11.8 Å². The summed E-state index contributed by atoms with van der Waals surface area (Å²) < 4.78 is 5.81. The minimum absolute atomic E-state index is 0.0682. The normalized spacial score (nSPS) is 14.4. The van der Waals surface area contributed by atoms with Crippen LogP contribution in [-0.4, -0.2) is 35.4 Å². The first-order valence-corrected chi connectivity index (χ1v) is 14.0. The Balaban J connectivity index is 1.52. The quantitative estimate of drug-likeness (QED) is 0.268. The predicted octanol–water partition coefficient (Wildman–Crippen LogP) is 6.59. The lowest BCUT2D eigenvalue weighted by Crippen LogP contribution is -2.52. The van der Waals surface area contributed by atoms with Crippen molar-refractivity contribution in [2.75, 3.05) is 6.61 Å². The number of amides is 2. The molecule has 1 aliphatic rings. The minimum Gasteiger partial charge on any atom is -0.494 e. The molecule has 1 atom stereocenters. The van der Waals surface area contributed by atoms with Crippen LogP contribution in [-0.2, 0) is 22.6 Å². The van der Waals surface area contributed by atoms with Gasteiger partial charge >= 0.3 is 0 Å². The van der Waals surface area contributed by atoms with E-state index in [1.807, 2.05) is 84.9 Å². The zero-order chi connectivity index (χ0) is 26.6. The highest BCUT2D eigenvalue weighted by Gasteiger charge is 2.31. The largest absolute Gasteiger partial charge is 0.494 e. The molecule has 6 heteroatoms. The van der Waals surface area contributed by atoms with E-state index in [9.17, 15) is 9.59 Å². The topological polar surface area (TPSA) is 58.6 Å². The Morgan fingerprint density at radius 1 is 0.895 bits per heavy atom. The van der Waals surface area contributed by atoms with Crippen LogP contribution in [0.1, 0.15) is 56.1 Å². The van der Waals surface area contributed by atoms with E-state index in [2.05, 4.69) is 5.32 Å². The molecular weight excluding hydrogens is 496 g/mol. The number of carbonyl (C=O) groups excluding carboxylic acids is 2. The van der Waals surface area contributed by atoms with Crippen LogP contribution in [0.25, 0.3) is 0 Å². The highest BCUT2D eigenvalue weighted by atomic mass is 35.5. The predicted molar refractivity (Wildman–Crippen MR) is 152 cm³/mol. The summed E-state index contributed by atoms with van der Waals surface area (Å²) in [5.74, 6) is 0.627. The average molecular weight is 533 g/mol. The van der Waals surface area contributed by atoms with Crippen LogP contribution in [0.2, 0.25) is 5.02 Å². The van der Waals surface area contributed by atoms with E-state index in [0.29, 0.717) is 31.0 Å². The summed E-state index contributed by atoms with van der Waals surface area (Å²) in [6, 6.07) is 26.5. The van der Waals surface area contributed by atoms with Crippen molar-refractivity contribution in [2.45, 2.75) is 70.0 Å². The molecule has 3 aromatic rings. The molecule has 0 radical (unpaired) electrons. The Labute approximate surface area is 231 Å². The summed E-state index contributed by atoms with van der Waals surface area (Å²) in [7, 11) is 0. The fourth-order valence-corrected chi connectivity index (χ4v) is 5.22. The van der Waals surface area contributed by atoms with Crippen molar-refractivity contribution in [3.8, 4) is 5.75 Å². The van der Waals surface area contributed by atoms with Crippen molar-refractivity contribution in [1.29, 1.82) is 0 Å². The van der Waals surface area contributed by atoms with Gasteiger partial charge in [-0.3, -0.25) is 9.59 Å². The molecule has 3 aromatic carbocycles. The average Bonchev–Trinajstić information content (AvgIpc) is 2.94. The van der Waals surface area contributed by atoms with E-state index < -0.39 is 6.04 Å². The molecule has 1 fully saturated rings. The lowest BCUT2D eigenvalue weighted by Gasteiger charge is -2.33. The van der Waals surface area contributed by atoms with Crippen molar-refractivity contribution in [1.82, 2.24) is 10.2 Å². The molecule has 0 spiro atoms. The third-order valence-electron chi connectivity index (χ3n) is 7.01. The zero-order valence-corrected chi connectivity index (χ0v) is 22.6. The standard InChI is InChI=1S/C32H37ClN2O3/c33-27-15-10-14-26(22-27)24-35(31(36)20-11-21-38-29-18-8-3-9-19-29)30(23-25-12-4-1-5-13-25)32(37)34-28-16-6-2-7-17-28/h1,3-5,8-10,12-15,18-19,22,28,30H,2,6-7,11,16-17,20-21,23-24H2,(H,34,37)/t30-/m0/s1. The number of rotatable bonds is 12. The molecule has 0 heterocycles. The maximum atomic E-state index is 13.8. The smallest absolute Gasteiger partial charge is 0.243 e. The third-order valence-corrected chi connectivity index (χ3v) is 7.25. The number of hydrogen-bond acceptors (Lipinski definition) is 3. The van der Waals surface area contributed by atoms with Gasteiger partial charge in [-0.25, -0.2) is 0 Å². The fraction of sp³-hybridized carbons (Fsp3) is 0.375. The lowest BCUT2D eigenvalue weighted by molar-refractivity contribution is -0.141. The van der Waals surface area contributed by atoms with Gasteiger partial charge in [0.1, 0.15) is 11.8 Å². The van der Waals surface area contributed by atoms with E-state index in [0.717, 1.165) is 42.6 Å². The van der Waals surface area contributed by atoms with Crippen molar-refractivity contribution < 1.29 is 14.3 Å². The monoisotopic (exact) mass is 532 g/mol. The molecule has 0 bridgehead atoms. The minimum atomic E-state index is -0.624. The van der Waals surface area contributed by atoms with Crippen molar-refractivity contribution in [3.63, 3.8) is 0 Å². The van der Waals surface area contributed by atoms with Gasteiger partial charge in [-0.1, -0.05) is 91.5 Å². The van der Waals surface area contributed by atoms with E-state index in [1.54, 1.807) is 4.90 Å². The number of ether oxygens (including phenoxy) is 1. The molecule has 0 saturated heterocycles. The Kier molecular flexibility index (Phi) is 10.6. The van der Waals surface area contributed by atoms with Crippen molar-refractivity contribution in [3.05, 3.63) is 101 Å². The van der Waals surface area contributed by atoms with Gasteiger partial charge in [-0.05, 0) is 54.7 Å². The Hall–Kier alpha value is -3.31. The SMILES string of the molecule is O=C(NC1CCCCC1)[C@H](Cc1ccccc1)N(Cc1cccc(Cl)c1)C(=O)CCCOc1ccccc1. The second-order valence-electron chi connectivity index (χ2n) is 9.97. The van der Waals surface area contributed by atoms with Crippen LogP contribution < -0.4 is 10.1 Å². The Bertz CT molecular complexity index is 1150. The number of para-hydroxylation sites is 1. The molecule has 0 unspecified atom stereocenters. The van der Waals surface area contributed by atoms with Gasteiger partial charge < -0.3 is 15.0 Å². The van der Waals surface area contributed by atoms with Gasteiger partial charge in [-0.15, -0.1) is 0 Å². The number of hydrogen-bond donors (Lipinski definition) is 1. The maximum absolute atomic E-state index is 13.8. The first-order valence-electron chi connectivity index (χ1n) is 13.6. The number of halogens is 1. The lowest BCUT2D eigenvalue weighted by atomic mass is 9.94. The van der Waals surface area contributed by atoms with Gasteiger partial charge in [0, 0.05) is 30.5 Å². The molecule has 38 heavy (non-hydrogen) atoms. The highest BCUT2D eigenvalue weighted by molar-refractivity contribution is 6.30. The molecule has 2 amide bonds. The Morgan fingerprint density at radius 3 is 2.29 bits per heavy atom. The molecule has 0 aromatic heterocycles. The van der Waals surface area contributed by atoms with Gasteiger partial charge in [0.05, 0.1) is 6.61 Å². The van der Waals surface area contributed by atoms with Gasteiger partial charge in [0.15, 0.2) is 0 Å². The van der Waals surface area contributed by atoms with E-state index >= 15 is 0 Å². The molecule has 1 saturated carbocycles. The summed E-state index contributed by atoms with van der Waals surface area (Å²) in [4.78, 5) is 29.2. The molecular formula is C32H37ClN2O3. The molecule has 1 aliphatic carbocycles. The summed E-state index contributed by atoms with van der Waals surface area (Å²) in [5, 5.41) is 3.89. The third kappa shape index (κ3) is 8.63. The number of benzene rings is 3. The summed E-state index contributed by atoms with van der Waals surface area (Å²) in [6.07, 6.45) is 6.74. The van der Waals surface area contributed by atoms with Crippen LogP contribution in [0.15, 0.2) is 84.9 Å². The molecule has 5 nitrogen and oxygen atoms in total. The second kappa shape index (κ2) is 14.6. The molecule has 1 N–H and O–H groups in total. The zero-order valence-electron chi connectivity index (χ0n) is 21.9. The van der Waals surface area contributed by atoms with Gasteiger partial charge in [0.25, 0.3) is 0 Å². The molecule has 4 rings (SSSR count). The van der Waals surface area contributed by atoms with Crippen molar-refractivity contribution in [2.24, 2.45) is 0 Å². The fourth-order valence-electron chi connectivity index (χ4n) is 5.00. The van der Waals surface area contributed by atoms with E-state index in [4.69, 9.17) is 16.3 Å². The highest BCUT2D eigenvalue weighted by Crippen LogP contribution is 2.21. The number of nitrogens with one attached hydrogen (secondary N) is 1. The molecule has 200 valence electrons. The van der Waals surface area contributed by atoms with E-state index in [-0.39, 0.29) is 24.3 Å². The summed E-state index contributed by atoms with van der Waals surface area (Å²) in [5.41, 5.74) is 1.92. The summed E-state index contributed by atoms with van der Waals surface area (Å²) >= 11 is 6.27. The van der Waals surface area contributed by atoms with E-state index in [1.165, 1.54) is 6.42 Å². The second-order valence-corrected chi connectivity index (χ2v) is 10.4. The van der Waals surface area contributed by atoms with Gasteiger partial charge in [-0.2, -0.15) is 0 Å². The molecule has 0 aliphatic heterocycles. The first-order chi connectivity index (χ1) is 18.6. The van der Waals surface area contributed by atoms with Crippen LogP contribution >= 0.6 is 11.6 Å². The van der Waals surface area contributed by atoms with Crippen molar-refractivity contribution >= 4 is 23.4 Å².